The van der Waals surface area contributed by atoms with Crippen LogP contribution in [-0.4, -0.2) is 35.3 Å². The SMILES string of the molecule is COc1ccc(NC(=O)[C@@H](C)OC(=O)[C@@H](C)Sc2ccccc2)c([N+](=O)[O-])c1. The van der Waals surface area contributed by atoms with Crippen molar-refractivity contribution in [3.8, 4) is 5.75 Å². The molecule has 0 saturated heterocycles. The van der Waals surface area contributed by atoms with E-state index in [9.17, 15) is 19.7 Å². The predicted octanol–water partition coefficient (Wildman–Crippen LogP) is 3.65. The number of carbonyl (C=O) groups excluding carboxylic acids is 2. The Bertz CT molecular complexity index is 859. The van der Waals surface area contributed by atoms with Crippen LogP contribution in [0.2, 0.25) is 0 Å². The Morgan fingerprint density at radius 3 is 2.43 bits per heavy atom. The Morgan fingerprint density at radius 2 is 1.82 bits per heavy atom. The lowest BCUT2D eigenvalue weighted by molar-refractivity contribution is -0.384. The number of carbonyl (C=O) groups is 2. The summed E-state index contributed by atoms with van der Waals surface area (Å²) >= 11 is 1.31. The molecule has 0 aromatic heterocycles. The number of rotatable bonds is 8. The van der Waals surface area contributed by atoms with Crippen LogP contribution in [0, 0.1) is 10.1 Å². The van der Waals surface area contributed by atoms with Gasteiger partial charge >= 0.3 is 5.97 Å². The van der Waals surface area contributed by atoms with E-state index in [2.05, 4.69) is 5.32 Å². The average molecular weight is 404 g/mol. The number of esters is 1. The first-order valence-electron chi connectivity index (χ1n) is 8.37. The number of amides is 1. The standard InChI is InChI=1S/C19H20N2O6S/c1-12(27-19(23)13(2)28-15-7-5-4-6-8-15)18(22)20-16-10-9-14(26-3)11-17(16)21(24)25/h4-13H,1-3H3,(H,20,22)/t12-,13-/m1/s1. The van der Waals surface area contributed by atoms with Crippen LogP contribution < -0.4 is 10.1 Å². The number of thioether (sulfide) groups is 1. The molecule has 2 atom stereocenters. The van der Waals surface area contributed by atoms with Crippen LogP contribution in [0.25, 0.3) is 0 Å². The zero-order valence-electron chi connectivity index (χ0n) is 15.6. The number of hydrogen-bond acceptors (Lipinski definition) is 7. The molecule has 28 heavy (non-hydrogen) atoms. The Kier molecular flexibility index (Phi) is 7.39. The van der Waals surface area contributed by atoms with Crippen molar-refractivity contribution in [2.75, 3.05) is 12.4 Å². The number of methoxy groups -OCH3 is 1. The van der Waals surface area contributed by atoms with E-state index in [0.29, 0.717) is 0 Å². The smallest absolute Gasteiger partial charge is 0.319 e. The Balaban J connectivity index is 1.99. The normalized spacial score (nSPS) is 12.5. The van der Waals surface area contributed by atoms with Gasteiger partial charge in [0, 0.05) is 4.90 Å². The van der Waals surface area contributed by atoms with Gasteiger partial charge in [0.25, 0.3) is 11.6 Å². The molecule has 0 spiro atoms. The molecule has 8 nitrogen and oxygen atoms in total. The molecule has 1 N–H and O–H groups in total. The first kappa shape index (κ1) is 21.2. The average Bonchev–Trinajstić information content (AvgIpc) is 2.68. The lowest BCUT2D eigenvalue weighted by atomic mass is 10.2. The number of hydrogen-bond donors (Lipinski definition) is 1. The maximum absolute atomic E-state index is 12.3. The zero-order chi connectivity index (χ0) is 20.7. The maximum atomic E-state index is 12.3. The summed E-state index contributed by atoms with van der Waals surface area (Å²) in [6.45, 7) is 3.08. The van der Waals surface area contributed by atoms with Crippen molar-refractivity contribution < 1.29 is 24.0 Å². The van der Waals surface area contributed by atoms with Crippen LogP contribution in [0.1, 0.15) is 13.8 Å². The first-order chi connectivity index (χ1) is 13.3. The predicted molar refractivity (Wildman–Crippen MR) is 106 cm³/mol. The van der Waals surface area contributed by atoms with E-state index in [1.807, 2.05) is 30.3 Å². The molecule has 0 unspecified atom stereocenters. The third-order valence-electron chi connectivity index (χ3n) is 3.71. The summed E-state index contributed by atoms with van der Waals surface area (Å²) in [5.41, 5.74) is -0.329. The van der Waals surface area contributed by atoms with Gasteiger partial charge in [-0.15, -0.1) is 11.8 Å². The molecule has 0 aliphatic carbocycles. The van der Waals surface area contributed by atoms with Crippen molar-refractivity contribution in [3.05, 3.63) is 58.6 Å². The minimum absolute atomic E-state index is 0.00888. The van der Waals surface area contributed by atoms with Crippen LogP contribution in [0.3, 0.4) is 0 Å². The third-order valence-corrected chi connectivity index (χ3v) is 4.80. The highest BCUT2D eigenvalue weighted by atomic mass is 32.2. The van der Waals surface area contributed by atoms with Gasteiger partial charge in [-0.05, 0) is 38.1 Å². The number of nitro groups is 1. The van der Waals surface area contributed by atoms with Gasteiger partial charge in [-0.3, -0.25) is 19.7 Å². The molecular weight excluding hydrogens is 384 g/mol. The number of anilines is 1. The highest BCUT2D eigenvalue weighted by Gasteiger charge is 2.25. The van der Waals surface area contributed by atoms with E-state index in [0.717, 1.165) is 4.90 Å². The molecule has 2 aromatic rings. The summed E-state index contributed by atoms with van der Waals surface area (Å²) in [7, 11) is 1.38. The fourth-order valence-corrected chi connectivity index (χ4v) is 3.08. The zero-order valence-corrected chi connectivity index (χ0v) is 16.4. The molecule has 0 fully saturated rings. The summed E-state index contributed by atoms with van der Waals surface area (Å²) < 4.78 is 10.1. The van der Waals surface area contributed by atoms with Crippen LogP contribution in [0.4, 0.5) is 11.4 Å². The fourth-order valence-electron chi connectivity index (χ4n) is 2.20. The fraction of sp³-hybridized carbons (Fsp3) is 0.263. The molecule has 0 aliphatic rings. The number of nitro benzene ring substituents is 1. The molecule has 0 bridgehead atoms. The van der Waals surface area contributed by atoms with Crippen LogP contribution in [0.15, 0.2) is 53.4 Å². The van der Waals surface area contributed by atoms with Gasteiger partial charge < -0.3 is 14.8 Å². The summed E-state index contributed by atoms with van der Waals surface area (Å²) in [6.07, 6.45) is -1.12. The first-order valence-corrected chi connectivity index (χ1v) is 9.25. The minimum atomic E-state index is -1.12. The van der Waals surface area contributed by atoms with Gasteiger partial charge in [-0.2, -0.15) is 0 Å². The third kappa shape index (κ3) is 5.71. The molecule has 0 saturated carbocycles. The van der Waals surface area contributed by atoms with E-state index in [1.54, 1.807) is 6.92 Å². The second kappa shape index (κ2) is 9.75. The summed E-state index contributed by atoms with van der Waals surface area (Å²) in [4.78, 5) is 36.0. The van der Waals surface area contributed by atoms with E-state index in [1.165, 1.54) is 44.0 Å². The van der Waals surface area contributed by atoms with Crippen molar-refractivity contribution in [2.24, 2.45) is 0 Å². The molecule has 9 heteroatoms. The van der Waals surface area contributed by atoms with Crippen LogP contribution in [0.5, 0.6) is 5.75 Å². The Hall–Kier alpha value is -3.07. The quantitative estimate of drug-likeness (QED) is 0.310. The van der Waals surface area contributed by atoms with Crippen molar-refractivity contribution in [2.45, 2.75) is 30.1 Å². The van der Waals surface area contributed by atoms with E-state index < -0.39 is 28.2 Å². The summed E-state index contributed by atoms with van der Waals surface area (Å²) in [5.74, 6) is -0.935. The molecule has 148 valence electrons. The highest BCUT2D eigenvalue weighted by Crippen LogP contribution is 2.29. The lowest BCUT2D eigenvalue weighted by Crippen LogP contribution is -2.32. The molecule has 0 radical (unpaired) electrons. The van der Waals surface area contributed by atoms with Crippen molar-refractivity contribution in [1.29, 1.82) is 0 Å². The van der Waals surface area contributed by atoms with Gasteiger partial charge in [0.1, 0.15) is 16.7 Å². The molecule has 0 aliphatic heterocycles. The molecule has 0 heterocycles. The summed E-state index contributed by atoms with van der Waals surface area (Å²) in [5, 5.41) is 13.1. The van der Waals surface area contributed by atoms with Gasteiger partial charge in [0.15, 0.2) is 6.10 Å². The largest absolute Gasteiger partial charge is 0.496 e. The van der Waals surface area contributed by atoms with Crippen LogP contribution in [-0.2, 0) is 14.3 Å². The van der Waals surface area contributed by atoms with E-state index in [4.69, 9.17) is 9.47 Å². The number of nitrogens with zero attached hydrogens (tertiary/aromatic N) is 1. The van der Waals surface area contributed by atoms with Crippen LogP contribution >= 0.6 is 11.8 Å². The topological polar surface area (TPSA) is 108 Å². The van der Waals surface area contributed by atoms with E-state index in [-0.39, 0.29) is 17.1 Å². The monoisotopic (exact) mass is 404 g/mol. The second-order valence-electron chi connectivity index (χ2n) is 5.78. The lowest BCUT2D eigenvalue weighted by Gasteiger charge is -2.16. The Morgan fingerprint density at radius 1 is 1.14 bits per heavy atom. The minimum Gasteiger partial charge on any atom is -0.496 e. The van der Waals surface area contributed by atoms with Crippen molar-refractivity contribution in [3.63, 3.8) is 0 Å². The van der Waals surface area contributed by atoms with Gasteiger partial charge in [0.05, 0.1) is 18.1 Å². The molecular formula is C19H20N2O6S. The second-order valence-corrected chi connectivity index (χ2v) is 7.20. The highest BCUT2D eigenvalue weighted by molar-refractivity contribution is 8.00. The maximum Gasteiger partial charge on any atom is 0.319 e. The van der Waals surface area contributed by atoms with Gasteiger partial charge in [-0.25, -0.2) is 0 Å². The van der Waals surface area contributed by atoms with Crippen molar-refractivity contribution >= 4 is 35.0 Å². The molecule has 2 rings (SSSR count). The number of benzene rings is 2. The number of ether oxygens (including phenoxy) is 2. The molecule has 2 aromatic carbocycles. The van der Waals surface area contributed by atoms with Gasteiger partial charge in [-0.1, -0.05) is 18.2 Å². The van der Waals surface area contributed by atoms with Gasteiger partial charge in [0.2, 0.25) is 0 Å². The van der Waals surface area contributed by atoms with E-state index >= 15 is 0 Å². The Labute approximate surface area is 166 Å². The number of nitrogens with one attached hydrogen (secondary N) is 1. The summed E-state index contributed by atoms with van der Waals surface area (Å²) in [6, 6.07) is 13.4. The van der Waals surface area contributed by atoms with Crippen molar-refractivity contribution in [1.82, 2.24) is 0 Å². The molecule has 1 amide bonds.